The topological polar surface area (TPSA) is 48.5 Å². The van der Waals surface area contributed by atoms with Crippen molar-refractivity contribution in [2.75, 3.05) is 45.6 Å². The maximum Gasteiger partial charge on any atom is 0.272 e. The third kappa shape index (κ3) is 2.74. The number of rotatable bonds is 2. The van der Waals surface area contributed by atoms with Crippen LogP contribution in [0.15, 0.2) is 18.3 Å². The van der Waals surface area contributed by atoms with Gasteiger partial charge in [-0.1, -0.05) is 0 Å². The van der Waals surface area contributed by atoms with Crippen molar-refractivity contribution in [2.45, 2.75) is 0 Å². The van der Waals surface area contributed by atoms with E-state index in [1.807, 2.05) is 18.0 Å². The molecular weight excluding hydrogens is 216 g/mol. The van der Waals surface area contributed by atoms with E-state index in [4.69, 9.17) is 0 Å². The molecule has 5 heteroatoms. The highest BCUT2D eigenvalue weighted by Gasteiger charge is 2.21. The van der Waals surface area contributed by atoms with Gasteiger partial charge in [0.05, 0.1) is 0 Å². The number of anilines is 1. The molecule has 0 bridgehead atoms. The molecule has 0 radical (unpaired) electrons. The molecule has 0 aromatic carbocycles. The highest BCUT2D eigenvalue weighted by Crippen LogP contribution is 2.10. The van der Waals surface area contributed by atoms with Crippen LogP contribution in [0.4, 0.5) is 5.69 Å². The molecule has 0 unspecified atom stereocenters. The van der Waals surface area contributed by atoms with Crippen LogP contribution in [0.1, 0.15) is 10.5 Å². The van der Waals surface area contributed by atoms with Gasteiger partial charge in [-0.05, 0) is 19.2 Å². The van der Waals surface area contributed by atoms with Crippen LogP contribution in [0, 0.1) is 0 Å². The maximum absolute atomic E-state index is 12.2. The Morgan fingerprint density at radius 3 is 2.71 bits per heavy atom. The van der Waals surface area contributed by atoms with Gasteiger partial charge in [-0.2, -0.15) is 0 Å². The minimum atomic E-state index is 0.0233. The standard InChI is InChI=1S/C12H18N4O/c1-13-10-3-4-14-11(9-10)12(17)16-7-5-15(2)6-8-16/h3-4,9H,5-8H2,1-2H3,(H,13,14). The fraction of sp³-hybridized carbons (Fsp3) is 0.500. The van der Waals surface area contributed by atoms with E-state index in [0.29, 0.717) is 5.69 Å². The van der Waals surface area contributed by atoms with Gasteiger partial charge >= 0.3 is 0 Å². The summed E-state index contributed by atoms with van der Waals surface area (Å²) in [7, 11) is 3.90. The van der Waals surface area contributed by atoms with Crippen LogP contribution in [0.3, 0.4) is 0 Å². The highest BCUT2D eigenvalue weighted by molar-refractivity contribution is 5.93. The lowest BCUT2D eigenvalue weighted by atomic mass is 10.2. The van der Waals surface area contributed by atoms with Crippen LogP contribution < -0.4 is 5.32 Å². The predicted molar refractivity (Wildman–Crippen MR) is 67.2 cm³/mol. The van der Waals surface area contributed by atoms with E-state index in [1.165, 1.54) is 0 Å². The molecule has 5 nitrogen and oxygen atoms in total. The largest absolute Gasteiger partial charge is 0.388 e. The van der Waals surface area contributed by atoms with Gasteiger partial charge in [0, 0.05) is 45.1 Å². The first-order chi connectivity index (χ1) is 8.20. The zero-order valence-electron chi connectivity index (χ0n) is 10.3. The molecule has 0 spiro atoms. The molecule has 1 N–H and O–H groups in total. The van der Waals surface area contributed by atoms with Crippen LogP contribution in [0.25, 0.3) is 0 Å². The number of likely N-dealkylation sites (N-methyl/N-ethyl adjacent to an activating group) is 1. The first-order valence-corrected chi connectivity index (χ1v) is 5.82. The van der Waals surface area contributed by atoms with Crippen molar-refractivity contribution >= 4 is 11.6 Å². The van der Waals surface area contributed by atoms with Crippen LogP contribution in [-0.2, 0) is 0 Å². The summed E-state index contributed by atoms with van der Waals surface area (Å²) >= 11 is 0. The number of amides is 1. The summed E-state index contributed by atoms with van der Waals surface area (Å²) in [6.45, 7) is 3.41. The van der Waals surface area contributed by atoms with Crippen molar-refractivity contribution in [3.05, 3.63) is 24.0 Å². The molecule has 0 atom stereocenters. The Bertz CT molecular complexity index is 399. The quantitative estimate of drug-likeness (QED) is 0.810. The SMILES string of the molecule is CNc1ccnc(C(=O)N2CCN(C)CC2)c1. The third-order valence-electron chi connectivity index (χ3n) is 3.06. The summed E-state index contributed by atoms with van der Waals surface area (Å²) in [5, 5.41) is 3.01. The lowest BCUT2D eigenvalue weighted by molar-refractivity contribution is 0.0658. The van der Waals surface area contributed by atoms with Gasteiger partial charge < -0.3 is 15.1 Å². The first-order valence-electron chi connectivity index (χ1n) is 5.82. The number of hydrogen-bond acceptors (Lipinski definition) is 4. The molecule has 0 aliphatic carbocycles. The van der Waals surface area contributed by atoms with Crippen LogP contribution >= 0.6 is 0 Å². The number of nitrogens with one attached hydrogen (secondary N) is 1. The van der Waals surface area contributed by atoms with E-state index in [0.717, 1.165) is 31.9 Å². The first kappa shape index (κ1) is 11.9. The molecule has 2 heterocycles. The van der Waals surface area contributed by atoms with E-state index in [9.17, 15) is 4.79 Å². The summed E-state index contributed by atoms with van der Waals surface area (Å²) in [5.41, 5.74) is 1.43. The number of carbonyl (C=O) groups excluding carboxylic acids is 1. The third-order valence-corrected chi connectivity index (χ3v) is 3.06. The maximum atomic E-state index is 12.2. The van der Waals surface area contributed by atoms with Gasteiger partial charge in [-0.15, -0.1) is 0 Å². The summed E-state index contributed by atoms with van der Waals surface area (Å²) < 4.78 is 0. The predicted octanol–water partition coefficient (Wildman–Crippen LogP) is 0.511. The summed E-state index contributed by atoms with van der Waals surface area (Å²) in [6.07, 6.45) is 1.66. The van der Waals surface area contributed by atoms with Crippen molar-refractivity contribution < 1.29 is 4.79 Å². The highest BCUT2D eigenvalue weighted by atomic mass is 16.2. The second-order valence-corrected chi connectivity index (χ2v) is 4.28. The van der Waals surface area contributed by atoms with E-state index >= 15 is 0 Å². The molecule has 1 amide bonds. The summed E-state index contributed by atoms with van der Waals surface area (Å²) in [5.74, 6) is 0.0233. The normalized spacial score (nSPS) is 16.9. The van der Waals surface area contributed by atoms with E-state index in [-0.39, 0.29) is 5.91 Å². The summed E-state index contributed by atoms with van der Waals surface area (Å²) in [6, 6.07) is 3.64. The zero-order valence-corrected chi connectivity index (χ0v) is 10.3. The lowest BCUT2D eigenvalue weighted by Crippen LogP contribution is -2.47. The Kier molecular flexibility index (Phi) is 3.58. The number of piperazine rings is 1. The van der Waals surface area contributed by atoms with Gasteiger partial charge in [-0.3, -0.25) is 9.78 Å². The second kappa shape index (κ2) is 5.14. The van der Waals surface area contributed by atoms with Crippen LogP contribution in [0.5, 0.6) is 0 Å². The average molecular weight is 234 g/mol. The number of pyridine rings is 1. The lowest BCUT2D eigenvalue weighted by Gasteiger charge is -2.32. The average Bonchev–Trinajstić information content (AvgIpc) is 2.39. The van der Waals surface area contributed by atoms with E-state index in [1.54, 1.807) is 12.3 Å². The molecule has 1 fully saturated rings. The molecular formula is C12H18N4O. The monoisotopic (exact) mass is 234 g/mol. The smallest absolute Gasteiger partial charge is 0.272 e. The molecule has 2 rings (SSSR count). The number of carbonyl (C=O) groups is 1. The van der Waals surface area contributed by atoms with E-state index in [2.05, 4.69) is 22.2 Å². The molecule has 1 aliphatic heterocycles. The van der Waals surface area contributed by atoms with Gasteiger partial charge in [0.15, 0.2) is 0 Å². The fourth-order valence-corrected chi connectivity index (χ4v) is 1.87. The Labute approximate surface area is 101 Å². The Morgan fingerprint density at radius 1 is 1.35 bits per heavy atom. The molecule has 17 heavy (non-hydrogen) atoms. The molecule has 1 saturated heterocycles. The van der Waals surface area contributed by atoms with E-state index < -0.39 is 0 Å². The van der Waals surface area contributed by atoms with Crippen molar-refractivity contribution in [3.63, 3.8) is 0 Å². The Balaban J connectivity index is 2.08. The number of hydrogen-bond donors (Lipinski definition) is 1. The Hall–Kier alpha value is -1.62. The van der Waals surface area contributed by atoms with Crippen LogP contribution in [0.2, 0.25) is 0 Å². The van der Waals surface area contributed by atoms with Gasteiger partial charge in [0.2, 0.25) is 0 Å². The van der Waals surface area contributed by atoms with Gasteiger partial charge in [0.1, 0.15) is 5.69 Å². The molecule has 1 aromatic heterocycles. The van der Waals surface area contributed by atoms with Crippen molar-refractivity contribution in [1.82, 2.24) is 14.8 Å². The van der Waals surface area contributed by atoms with Crippen molar-refractivity contribution in [2.24, 2.45) is 0 Å². The van der Waals surface area contributed by atoms with Gasteiger partial charge in [-0.25, -0.2) is 0 Å². The molecule has 1 aliphatic rings. The molecule has 1 aromatic rings. The van der Waals surface area contributed by atoms with Crippen molar-refractivity contribution in [3.8, 4) is 0 Å². The molecule has 0 saturated carbocycles. The molecule has 92 valence electrons. The van der Waals surface area contributed by atoms with Crippen molar-refractivity contribution in [1.29, 1.82) is 0 Å². The summed E-state index contributed by atoms with van der Waals surface area (Å²) in [4.78, 5) is 20.4. The second-order valence-electron chi connectivity index (χ2n) is 4.28. The van der Waals surface area contributed by atoms with Crippen LogP contribution in [-0.4, -0.2) is 61.0 Å². The fourth-order valence-electron chi connectivity index (χ4n) is 1.87. The minimum Gasteiger partial charge on any atom is -0.388 e. The minimum absolute atomic E-state index is 0.0233. The Morgan fingerprint density at radius 2 is 2.06 bits per heavy atom. The number of aromatic nitrogens is 1. The zero-order chi connectivity index (χ0) is 12.3. The van der Waals surface area contributed by atoms with Gasteiger partial charge in [0.25, 0.3) is 5.91 Å². The number of nitrogens with zero attached hydrogens (tertiary/aromatic N) is 3.